The van der Waals surface area contributed by atoms with Crippen LogP contribution in [0, 0.1) is 0 Å². The molecule has 0 saturated carbocycles. The summed E-state index contributed by atoms with van der Waals surface area (Å²) in [6.07, 6.45) is 1.50. The average molecular weight is 98.0 g/mol. The summed E-state index contributed by atoms with van der Waals surface area (Å²) in [4.78, 5) is 8.68. The van der Waals surface area contributed by atoms with E-state index in [9.17, 15) is 0 Å². The second kappa shape index (κ2) is 10.8. The normalized spacial score (nSPS) is 3.25. The molecule has 0 aromatic carbocycles. The van der Waals surface area contributed by atoms with Crippen LogP contribution >= 0.6 is 0 Å². The van der Waals surface area contributed by atoms with Crippen LogP contribution in [0.1, 0.15) is 6.92 Å². The SMILES string of the molecule is C[C-]=O.[Mn]. The molecule has 0 unspecified atom stereocenters. The standard InChI is InChI=1S/C2H3O.Mn/c1-2-3;/h1H3;/q-1;. The van der Waals surface area contributed by atoms with E-state index < -0.39 is 0 Å². The molecule has 0 aliphatic rings. The molecule has 1 radical (unpaired) electrons. The summed E-state index contributed by atoms with van der Waals surface area (Å²) in [6, 6.07) is 0. The monoisotopic (exact) mass is 98.0 g/mol. The maximum Gasteiger partial charge on any atom is 0 e. The summed E-state index contributed by atoms with van der Waals surface area (Å²) in [5.74, 6) is 0. The van der Waals surface area contributed by atoms with Crippen LogP contribution < -0.4 is 0 Å². The van der Waals surface area contributed by atoms with E-state index in [1.54, 1.807) is 0 Å². The van der Waals surface area contributed by atoms with Gasteiger partial charge in [-0.1, -0.05) is 0 Å². The molecule has 0 aliphatic carbocycles. The summed E-state index contributed by atoms with van der Waals surface area (Å²) in [5, 5.41) is 0. The maximum absolute atomic E-state index is 8.68. The van der Waals surface area contributed by atoms with Crippen molar-refractivity contribution in [3.63, 3.8) is 0 Å². The molecule has 0 aliphatic heterocycles. The third kappa shape index (κ3) is 86.3. The molecule has 0 N–H and O–H groups in total. The summed E-state index contributed by atoms with van der Waals surface area (Å²) < 4.78 is 0. The van der Waals surface area contributed by atoms with Crippen LogP contribution in [0.2, 0.25) is 0 Å². The second-order valence-electron chi connectivity index (χ2n) is 0.204. The molecule has 0 fully saturated rings. The van der Waals surface area contributed by atoms with Crippen molar-refractivity contribution in [1.82, 2.24) is 0 Å². The Morgan fingerprint density at radius 1 is 1.75 bits per heavy atom. The van der Waals surface area contributed by atoms with Crippen molar-refractivity contribution in [1.29, 1.82) is 0 Å². The largest absolute Gasteiger partial charge is 0.542 e. The number of hydrogen-bond donors (Lipinski definition) is 0. The van der Waals surface area contributed by atoms with Crippen molar-refractivity contribution >= 4 is 6.29 Å². The Labute approximate surface area is 35.9 Å². The summed E-state index contributed by atoms with van der Waals surface area (Å²) in [7, 11) is 0. The minimum atomic E-state index is 0. The summed E-state index contributed by atoms with van der Waals surface area (Å²) >= 11 is 0. The molecule has 0 spiro atoms. The maximum atomic E-state index is 8.68. The summed E-state index contributed by atoms with van der Waals surface area (Å²) in [5.41, 5.74) is 0. The molecule has 0 aromatic rings. The zero-order valence-corrected chi connectivity index (χ0v) is 3.47. The van der Waals surface area contributed by atoms with Crippen LogP contribution in [0.15, 0.2) is 0 Å². The minimum absolute atomic E-state index is 0. The van der Waals surface area contributed by atoms with E-state index in [0.717, 1.165) is 0 Å². The van der Waals surface area contributed by atoms with E-state index in [-0.39, 0.29) is 17.1 Å². The van der Waals surface area contributed by atoms with Crippen molar-refractivity contribution in [2.75, 3.05) is 0 Å². The molecule has 2 heteroatoms. The van der Waals surface area contributed by atoms with Gasteiger partial charge in [-0.3, -0.25) is 6.29 Å². The van der Waals surface area contributed by atoms with Gasteiger partial charge >= 0.3 is 0 Å². The van der Waals surface area contributed by atoms with Crippen LogP contribution in [0.5, 0.6) is 0 Å². The fraction of sp³-hybridized carbons (Fsp3) is 0.500. The van der Waals surface area contributed by atoms with Crippen LogP contribution in [0.4, 0.5) is 0 Å². The summed E-state index contributed by atoms with van der Waals surface area (Å²) in [6.45, 7) is 1.32. The fourth-order valence-electron chi connectivity index (χ4n) is 0. The Hall–Kier alpha value is 0.189. The zero-order valence-electron chi connectivity index (χ0n) is 2.29. The van der Waals surface area contributed by atoms with Crippen molar-refractivity contribution < 1.29 is 21.9 Å². The van der Waals surface area contributed by atoms with Gasteiger partial charge in [0, 0.05) is 17.1 Å². The van der Waals surface area contributed by atoms with Gasteiger partial charge in [0.25, 0.3) is 0 Å². The second-order valence-corrected chi connectivity index (χ2v) is 0.204. The zero-order chi connectivity index (χ0) is 2.71. The van der Waals surface area contributed by atoms with Crippen molar-refractivity contribution in [2.24, 2.45) is 0 Å². The molecule has 0 rings (SSSR count). The van der Waals surface area contributed by atoms with E-state index in [1.165, 1.54) is 13.2 Å². The first-order valence-corrected chi connectivity index (χ1v) is 0.704. The smallest absolute Gasteiger partial charge is 0 e. The van der Waals surface area contributed by atoms with Gasteiger partial charge in [0.05, 0.1) is 0 Å². The predicted octanol–water partition coefficient (Wildman–Crippen LogP) is 0.113. The van der Waals surface area contributed by atoms with Crippen molar-refractivity contribution in [2.45, 2.75) is 6.92 Å². The Morgan fingerprint density at radius 3 is 1.75 bits per heavy atom. The van der Waals surface area contributed by atoms with Gasteiger partial charge in [0.15, 0.2) is 0 Å². The van der Waals surface area contributed by atoms with E-state index in [0.29, 0.717) is 0 Å². The van der Waals surface area contributed by atoms with E-state index in [1.807, 2.05) is 0 Å². The molecule has 0 heterocycles. The quantitative estimate of drug-likeness (QED) is 0.310. The Bertz CT molecular complexity index is 13.5. The first-order valence-electron chi connectivity index (χ1n) is 0.704. The number of carbonyl (C=O) groups excluding carboxylic acids is 1. The molecular formula is C2H3MnO-. The van der Waals surface area contributed by atoms with E-state index >= 15 is 0 Å². The van der Waals surface area contributed by atoms with Gasteiger partial charge in [0.2, 0.25) is 0 Å². The first-order chi connectivity index (χ1) is 1.41. The molecule has 0 bridgehead atoms. The van der Waals surface area contributed by atoms with Crippen LogP contribution in [0.25, 0.3) is 0 Å². The van der Waals surface area contributed by atoms with Gasteiger partial charge in [-0.05, 0) is 0 Å². The molecule has 0 atom stereocenters. The number of hydrogen-bond acceptors (Lipinski definition) is 1. The van der Waals surface area contributed by atoms with Crippen LogP contribution in [-0.2, 0) is 21.9 Å². The average Bonchev–Trinajstić information content (AvgIpc) is 0.918. The molecule has 0 amide bonds. The topological polar surface area (TPSA) is 17.1 Å². The fourth-order valence-corrected chi connectivity index (χ4v) is 0. The van der Waals surface area contributed by atoms with Gasteiger partial charge in [-0.25, -0.2) is 0 Å². The number of rotatable bonds is 0. The first kappa shape index (κ1) is 8.89. The molecule has 25 valence electrons. The van der Waals surface area contributed by atoms with E-state index in [4.69, 9.17) is 4.79 Å². The van der Waals surface area contributed by atoms with Gasteiger partial charge in [-0.2, -0.15) is 6.92 Å². The van der Waals surface area contributed by atoms with Gasteiger partial charge in [-0.15, -0.1) is 0 Å². The Balaban J connectivity index is 0. The Kier molecular flexibility index (Phi) is 24.0. The molecule has 4 heavy (non-hydrogen) atoms. The molecule has 0 aromatic heterocycles. The van der Waals surface area contributed by atoms with Crippen molar-refractivity contribution in [3.05, 3.63) is 0 Å². The minimum Gasteiger partial charge on any atom is -0.542 e. The third-order valence-electron chi connectivity index (χ3n) is 0. The molecular weight excluding hydrogens is 95.0 g/mol. The Morgan fingerprint density at radius 2 is 1.75 bits per heavy atom. The van der Waals surface area contributed by atoms with Gasteiger partial charge in [0.1, 0.15) is 0 Å². The molecule has 0 saturated heterocycles. The third-order valence-corrected chi connectivity index (χ3v) is 0. The van der Waals surface area contributed by atoms with Gasteiger partial charge < -0.3 is 4.79 Å². The molecule has 1 nitrogen and oxygen atoms in total. The van der Waals surface area contributed by atoms with Crippen LogP contribution in [-0.4, -0.2) is 6.29 Å². The predicted molar refractivity (Wildman–Crippen MR) is 11.4 cm³/mol. The van der Waals surface area contributed by atoms with Crippen molar-refractivity contribution in [3.8, 4) is 0 Å². The van der Waals surface area contributed by atoms with E-state index in [2.05, 4.69) is 0 Å². The van der Waals surface area contributed by atoms with Crippen LogP contribution in [0.3, 0.4) is 0 Å².